The van der Waals surface area contributed by atoms with Crippen LogP contribution in [0.25, 0.3) is 0 Å². The van der Waals surface area contributed by atoms with E-state index in [0.717, 1.165) is 34.5 Å². The van der Waals surface area contributed by atoms with Crippen LogP contribution in [0.1, 0.15) is 19.8 Å². The molecule has 0 saturated heterocycles. The third-order valence-corrected chi connectivity index (χ3v) is 3.62. The van der Waals surface area contributed by atoms with Crippen molar-refractivity contribution in [2.24, 2.45) is 0 Å². The molecule has 0 saturated carbocycles. The first-order valence-corrected chi connectivity index (χ1v) is 6.90. The average molecular weight is 266 g/mol. The van der Waals surface area contributed by atoms with Crippen molar-refractivity contribution in [3.05, 3.63) is 88.1 Å². The molecule has 0 radical (unpaired) electrons. The predicted octanol–water partition coefficient (Wildman–Crippen LogP) is 5.23. The second-order valence-corrected chi connectivity index (χ2v) is 5.16. The van der Waals surface area contributed by atoms with Crippen LogP contribution < -0.4 is 0 Å². The number of hydrogen-bond acceptors (Lipinski definition) is 1. The Hall–Kier alpha value is -1.69. The van der Waals surface area contributed by atoms with Gasteiger partial charge in [-0.1, -0.05) is 43.0 Å². The van der Waals surface area contributed by atoms with Gasteiger partial charge >= 0.3 is 0 Å². The summed E-state index contributed by atoms with van der Waals surface area (Å²) in [5.41, 5.74) is 7.69. The topological polar surface area (TPSA) is 0 Å². The van der Waals surface area contributed by atoms with E-state index in [9.17, 15) is 0 Å². The molecule has 2 aliphatic rings. The summed E-state index contributed by atoms with van der Waals surface area (Å²) >= 11 is 4.52. The van der Waals surface area contributed by atoms with E-state index in [2.05, 4.69) is 56.2 Å². The molecule has 0 nitrogen and oxygen atoms in total. The molecule has 0 amide bonds. The van der Waals surface area contributed by atoms with Gasteiger partial charge in [0.2, 0.25) is 0 Å². The minimum absolute atomic E-state index is 1.01. The van der Waals surface area contributed by atoms with Gasteiger partial charge in [0.15, 0.2) is 0 Å². The van der Waals surface area contributed by atoms with Crippen LogP contribution in [0.3, 0.4) is 0 Å². The zero-order chi connectivity index (χ0) is 13.7. The van der Waals surface area contributed by atoms with Gasteiger partial charge in [0.25, 0.3) is 0 Å². The highest BCUT2D eigenvalue weighted by Gasteiger charge is 2.05. The Morgan fingerprint density at radius 1 is 1.42 bits per heavy atom. The van der Waals surface area contributed by atoms with Crippen molar-refractivity contribution in [2.75, 3.05) is 0 Å². The number of thiol groups is 1. The van der Waals surface area contributed by atoms with E-state index in [1.165, 1.54) is 5.57 Å². The second kappa shape index (κ2) is 6.47. The molecule has 0 atom stereocenters. The molecule has 2 aliphatic carbocycles. The Morgan fingerprint density at radius 3 is 2.95 bits per heavy atom. The lowest BCUT2D eigenvalue weighted by molar-refractivity contribution is 1.01. The van der Waals surface area contributed by atoms with Gasteiger partial charge in [-0.3, -0.25) is 0 Å². The fraction of sp³-hybridized carbons (Fsp3) is 0.167. The average Bonchev–Trinajstić information content (AvgIpc) is 2.93. The SMILES string of the molecule is C=C(/C=C\C=C(/C)C1=C=CC=C1)C1=C(S)CCC=C1. The zero-order valence-electron chi connectivity index (χ0n) is 11.2. The molecule has 0 spiro atoms. The van der Waals surface area contributed by atoms with E-state index >= 15 is 0 Å². The van der Waals surface area contributed by atoms with Crippen LogP contribution in [0.5, 0.6) is 0 Å². The highest BCUT2D eigenvalue weighted by atomic mass is 32.1. The van der Waals surface area contributed by atoms with E-state index in [0.29, 0.717) is 0 Å². The van der Waals surface area contributed by atoms with Crippen molar-refractivity contribution in [2.45, 2.75) is 19.8 Å². The van der Waals surface area contributed by atoms with Crippen LogP contribution in [0.4, 0.5) is 0 Å². The number of rotatable bonds is 4. The molecule has 0 heterocycles. The van der Waals surface area contributed by atoms with Crippen LogP contribution in [0, 0.1) is 0 Å². The molecule has 0 unspecified atom stereocenters. The highest BCUT2D eigenvalue weighted by Crippen LogP contribution is 2.27. The molecule has 0 aromatic heterocycles. The lowest BCUT2D eigenvalue weighted by Crippen LogP contribution is -1.91. The van der Waals surface area contributed by atoms with Gasteiger partial charge in [-0.05, 0) is 53.5 Å². The summed E-state index contributed by atoms with van der Waals surface area (Å²) in [7, 11) is 0. The van der Waals surface area contributed by atoms with E-state index in [4.69, 9.17) is 0 Å². The van der Waals surface area contributed by atoms with E-state index < -0.39 is 0 Å². The largest absolute Gasteiger partial charge is 0.147 e. The Morgan fingerprint density at radius 2 is 2.26 bits per heavy atom. The van der Waals surface area contributed by atoms with Gasteiger partial charge < -0.3 is 0 Å². The van der Waals surface area contributed by atoms with Gasteiger partial charge in [-0.15, -0.1) is 18.4 Å². The molecule has 96 valence electrons. The second-order valence-electron chi connectivity index (χ2n) is 4.62. The minimum atomic E-state index is 1.01. The van der Waals surface area contributed by atoms with E-state index in [1.54, 1.807) is 0 Å². The molecular formula is C18H18S. The van der Waals surface area contributed by atoms with Gasteiger partial charge in [0.05, 0.1) is 0 Å². The number of allylic oxidation sites excluding steroid dienone is 12. The van der Waals surface area contributed by atoms with Crippen molar-refractivity contribution in [3.63, 3.8) is 0 Å². The molecule has 19 heavy (non-hydrogen) atoms. The first-order valence-electron chi connectivity index (χ1n) is 6.45. The summed E-state index contributed by atoms with van der Waals surface area (Å²) in [6, 6.07) is 0. The lowest BCUT2D eigenvalue weighted by atomic mass is 10.00. The summed E-state index contributed by atoms with van der Waals surface area (Å²) in [4.78, 5) is 1.13. The predicted molar refractivity (Wildman–Crippen MR) is 87.2 cm³/mol. The summed E-state index contributed by atoms with van der Waals surface area (Å²) < 4.78 is 0. The third-order valence-electron chi connectivity index (χ3n) is 3.16. The van der Waals surface area contributed by atoms with Gasteiger partial charge in [-0.25, -0.2) is 0 Å². The third kappa shape index (κ3) is 3.64. The monoisotopic (exact) mass is 266 g/mol. The van der Waals surface area contributed by atoms with Crippen molar-refractivity contribution in [1.82, 2.24) is 0 Å². The van der Waals surface area contributed by atoms with Crippen LogP contribution >= 0.6 is 12.6 Å². The molecule has 0 fully saturated rings. The van der Waals surface area contributed by atoms with Crippen molar-refractivity contribution < 1.29 is 0 Å². The van der Waals surface area contributed by atoms with Gasteiger partial charge in [0, 0.05) is 5.57 Å². The van der Waals surface area contributed by atoms with E-state index in [1.807, 2.05) is 24.3 Å². The van der Waals surface area contributed by atoms with Gasteiger partial charge in [-0.2, -0.15) is 0 Å². The Bertz CT molecular complexity index is 598. The molecular weight excluding hydrogens is 248 g/mol. The molecule has 1 heteroatoms. The van der Waals surface area contributed by atoms with Crippen molar-refractivity contribution >= 4 is 12.6 Å². The first kappa shape index (κ1) is 13.7. The fourth-order valence-corrected chi connectivity index (χ4v) is 2.36. The molecule has 0 bridgehead atoms. The van der Waals surface area contributed by atoms with Gasteiger partial charge in [0.1, 0.15) is 0 Å². The molecule has 2 rings (SSSR count). The highest BCUT2D eigenvalue weighted by molar-refractivity contribution is 7.84. The molecule has 0 aromatic carbocycles. The summed E-state index contributed by atoms with van der Waals surface area (Å²) in [6.45, 7) is 6.19. The van der Waals surface area contributed by atoms with E-state index in [-0.39, 0.29) is 0 Å². The first-order chi connectivity index (χ1) is 9.18. The van der Waals surface area contributed by atoms with Crippen molar-refractivity contribution in [3.8, 4) is 0 Å². The standard InChI is InChI=1S/C18H18S/c1-14(16-10-3-4-11-16)8-7-9-15(2)17-12-5-6-13-18(17)19/h3-5,7-10,12,19H,2,6,13H2,1H3/b9-7-,14-8+. The van der Waals surface area contributed by atoms with Crippen LogP contribution in [-0.4, -0.2) is 0 Å². The maximum atomic E-state index is 4.52. The van der Waals surface area contributed by atoms with Crippen LogP contribution in [0.15, 0.2) is 88.1 Å². The smallest absolute Gasteiger partial charge is 0.0194 e. The minimum Gasteiger partial charge on any atom is -0.147 e. The molecule has 0 aliphatic heterocycles. The van der Waals surface area contributed by atoms with Crippen LogP contribution in [0.2, 0.25) is 0 Å². The normalized spacial score (nSPS) is 18.6. The van der Waals surface area contributed by atoms with Crippen molar-refractivity contribution in [1.29, 1.82) is 0 Å². The summed E-state index contributed by atoms with van der Waals surface area (Å²) in [5, 5.41) is 0. The summed E-state index contributed by atoms with van der Waals surface area (Å²) in [5.74, 6) is 0. The lowest BCUT2D eigenvalue weighted by Gasteiger charge is -2.11. The quantitative estimate of drug-likeness (QED) is 0.402. The summed E-state index contributed by atoms with van der Waals surface area (Å²) in [6.07, 6.45) is 18.5. The Labute approximate surface area is 121 Å². The molecule has 0 N–H and O–H groups in total. The number of hydrogen-bond donors (Lipinski definition) is 1. The zero-order valence-corrected chi connectivity index (χ0v) is 12.1. The Kier molecular flexibility index (Phi) is 4.68. The maximum absolute atomic E-state index is 4.52. The maximum Gasteiger partial charge on any atom is 0.0194 e. The van der Waals surface area contributed by atoms with Crippen LogP contribution in [-0.2, 0) is 0 Å². The fourth-order valence-electron chi connectivity index (χ4n) is 2.01. The Balaban J connectivity index is 2.05. The molecule has 0 aromatic rings.